The fraction of sp³-hybridized carbons (Fsp3) is 0. The SMILES string of the molecule is Brc1cc2c3ccccc3c(Br)cc2c2ccccc12.[C-]#[N+]c1ccc(-c2cc3c4ccccc4c(-c4ccc(C#N)cc4)cc3c3ccccc23)cc1.[C-]#[N+]c1ccc(B(O)O)cc1. The van der Waals surface area contributed by atoms with E-state index in [0.717, 1.165) is 31.2 Å². The summed E-state index contributed by atoms with van der Waals surface area (Å²) in [6, 6.07) is 67.1. The van der Waals surface area contributed by atoms with Crippen LogP contribution in [0.4, 0.5) is 11.4 Å². The highest BCUT2D eigenvalue weighted by Crippen LogP contribution is 2.42. The molecule has 0 heterocycles. The number of nitriles is 1. The average Bonchev–Trinajstić information content (AvgIpc) is 3.37. The van der Waals surface area contributed by atoms with Gasteiger partial charge in [0, 0.05) is 8.95 Å². The number of hydrogen-bond donors (Lipinski definition) is 2. The second-order valence-electron chi connectivity index (χ2n) is 15.4. The zero-order valence-electron chi connectivity index (χ0n) is 34.5. The van der Waals surface area contributed by atoms with E-state index in [1.165, 1.54) is 76.8 Å². The van der Waals surface area contributed by atoms with Crippen molar-refractivity contribution >= 4 is 120 Å². The van der Waals surface area contributed by atoms with Crippen LogP contribution in [0.25, 0.3) is 96.6 Å². The molecule has 0 bridgehead atoms. The van der Waals surface area contributed by atoms with Crippen molar-refractivity contribution in [1.82, 2.24) is 0 Å². The minimum atomic E-state index is -1.45. The van der Waals surface area contributed by atoms with Crippen LogP contribution in [0.3, 0.4) is 0 Å². The van der Waals surface area contributed by atoms with Crippen LogP contribution >= 0.6 is 31.9 Å². The van der Waals surface area contributed by atoms with Gasteiger partial charge in [0.05, 0.1) is 24.8 Å². The van der Waals surface area contributed by atoms with E-state index in [9.17, 15) is 5.26 Å². The summed E-state index contributed by atoms with van der Waals surface area (Å²) >= 11 is 7.42. The van der Waals surface area contributed by atoms with Crippen molar-refractivity contribution in [2.24, 2.45) is 0 Å². The summed E-state index contributed by atoms with van der Waals surface area (Å²) in [5.74, 6) is 0. The van der Waals surface area contributed by atoms with Gasteiger partial charge in [0.1, 0.15) is 0 Å². The Bertz CT molecular complexity index is 3520. The summed E-state index contributed by atoms with van der Waals surface area (Å²) in [5, 5.41) is 41.4. The first kappa shape index (κ1) is 42.7. The van der Waals surface area contributed by atoms with Crippen LogP contribution in [-0.2, 0) is 0 Å². The maximum absolute atomic E-state index is 9.22. The molecule has 0 saturated heterocycles. The van der Waals surface area contributed by atoms with E-state index in [1.54, 1.807) is 12.1 Å². The van der Waals surface area contributed by atoms with E-state index in [4.69, 9.17) is 23.2 Å². The number of benzene rings is 11. The Morgan fingerprint density at radius 2 is 0.723 bits per heavy atom. The summed E-state index contributed by atoms with van der Waals surface area (Å²) in [4.78, 5) is 6.70. The van der Waals surface area contributed by atoms with Gasteiger partial charge in [0.25, 0.3) is 0 Å². The van der Waals surface area contributed by atoms with Crippen molar-refractivity contribution in [1.29, 1.82) is 5.26 Å². The van der Waals surface area contributed by atoms with Crippen molar-refractivity contribution in [3.63, 3.8) is 0 Å². The molecule has 0 aliphatic rings. The van der Waals surface area contributed by atoms with E-state index in [1.807, 2.05) is 48.5 Å². The molecule has 0 aromatic heterocycles. The molecule has 0 unspecified atom stereocenters. The van der Waals surface area contributed by atoms with Gasteiger partial charge in [-0.05, 0) is 129 Å². The molecule has 11 rings (SSSR count). The zero-order valence-corrected chi connectivity index (χ0v) is 37.7. The Morgan fingerprint density at radius 3 is 1.09 bits per heavy atom. The number of hydrogen-bond acceptors (Lipinski definition) is 3. The van der Waals surface area contributed by atoms with Gasteiger partial charge in [-0.1, -0.05) is 190 Å². The van der Waals surface area contributed by atoms with Crippen LogP contribution in [-0.4, -0.2) is 17.2 Å². The molecule has 5 nitrogen and oxygen atoms in total. The summed E-state index contributed by atoms with van der Waals surface area (Å²) < 4.78 is 2.29. The van der Waals surface area contributed by atoms with Crippen LogP contribution in [0, 0.1) is 24.5 Å². The minimum absolute atomic E-state index is 0.400. The molecule has 0 fully saturated rings. The normalized spacial score (nSPS) is 10.7. The smallest absolute Gasteiger partial charge is 0.423 e. The van der Waals surface area contributed by atoms with Crippen molar-refractivity contribution < 1.29 is 10.0 Å². The number of rotatable bonds is 3. The molecule has 0 aliphatic carbocycles. The topological polar surface area (TPSA) is 73.0 Å². The van der Waals surface area contributed by atoms with E-state index in [0.29, 0.717) is 22.4 Å². The molecule has 306 valence electrons. The second kappa shape index (κ2) is 18.6. The Balaban J connectivity index is 0.000000144. The van der Waals surface area contributed by atoms with Crippen LogP contribution in [0.2, 0.25) is 0 Å². The van der Waals surface area contributed by atoms with Gasteiger partial charge >= 0.3 is 7.12 Å². The molecule has 11 aromatic rings. The van der Waals surface area contributed by atoms with Crippen LogP contribution < -0.4 is 5.46 Å². The predicted molar refractivity (Wildman–Crippen MR) is 278 cm³/mol. The monoisotopic (exact) mass is 961 g/mol. The summed E-state index contributed by atoms with van der Waals surface area (Å²) in [6.07, 6.45) is 0. The van der Waals surface area contributed by atoms with Gasteiger partial charge in [-0.3, -0.25) is 0 Å². The molecule has 0 aliphatic heterocycles. The molecule has 0 atom stereocenters. The van der Waals surface area contributed by atoms with Gasteiger partial charge in [-0.2, -0.15) is 5.26 Å². The van der Waals surface area contributed by atoms with E-state index in [-0.39, 0.29) is 0 Å². The maximum atomic E-state index is 9.22. The highest BCUT2D eigenvalue weighted by molar-refractivity contribution is 9.11. The third-order valence-electron chi connectivity index (χ3n) is 11.6. The second-order valence-corrected chi connectivity index (χ2v) is 17.1. The van der Waals surface area contributed by atoms with Crippen molar-refractivity contribution in [3.8, 4) is 28.3 Å². The molecule has 65 heavy (non-hydrogen) atoms. The highest BCUT2D eigenvalue weighted by atomic mass is 79.9. The first-order chi connectivity index (χ1) is 31.8. The third-order valence-corrected chi connectivity index (χ3v) is 12.9. The molecule has 0 amide bonds. The van der Waals surface area contributed by atoms with Gasteiger partial charge in [-0.25, -0.2) is 9.69 Å². The Morgan fingerprint density at radius 1 is 0.400 bits per heavy atom. The van der Waals surface area contributed by atoms with Crippen LogP contribution in [0.1, 0.15) is 5.56 Å². The largest absolute Gasteiger partial charge is 0.488 e. The molecule has 11 aromatic carbocycles. The molecule has 0 radical (unpaired) electrons. The van der Waals surface area contributed by atoms with Gasteiger partial charge in [0.2, 0.25) is 0 Å². The average molecular weight is 964 g/mol. The predicted octanol–water partition coefficient (Wildman–Crippen LogP) is 15.5. The lowest BCUT2D eigenvalue weighted by Crippen LogP contribution is -2.29. The summed E-state index contributed by atoms with van der Waals surface area (Å²) in [5.41, 5.74) is 6.72. The van der Waals surface area contributed by atoms with Gasteiger partial charge in [-0.15, -0.1) is 0 Å². The first-order valence-corrected chi connectivity index (χ1v) is 22.2. The molecule has 8 heteroatoms. The summed E-state index contributed by atoms with van der Waals surface area (Å²) in [7, 11) is -1.45. The molecular formula is C57H34BBr2N3O2. The van der Waals surface area contributed by atoms with Crippen molar-refractivity contribution in [2.75, 3.05) is 0 Å². The highest BCUT2D eigenvalue weighted by Gasteiger charge is 2.15. The lowest BCUT2D eigenvalue weighted by molar-refractivity contribution is 0.426. The summed E-state index contributed by atoms with van der Waals surface area (Å²) in [6.45, 7) is 13.9. The standard InChI is InChI=1S/C32H18N2.C18H10Br2.C7H6BNO2/c1-34-24-16-14-23(15-17-24)30-19-32-27-8-4-2-6-25(27)29(22-12-10-21(20-33)11-13-22)18-31(32)28-9-5-3-7-26(28)30;19-17-10-16-12-6-2-4-8-14(12)18(20)9-15(16)11-5-1-3-7-13(11)17;1-9-7-4-2-6(3-5-7)8(10)11/h2-19H;1-10H;2-5,10-11H. The molecule has 0 spiro atoms. The van der Waals surface area contributed by atoms with Crippen molar-refractivity contribution in [2.45, 2.75) is 0 Å². The maximum Gasteiger partial charge on any atom is 0.488 e. The third kappa shape index (κ3) is 8.47. The first-order valence-electron chi connectivity index (χ1n) is 20.6. The van der Waals surface area contributed by atoms with Gasteiger partial charge in [0.15, 0.2) is 11.4 Å². The quantitative estimate of drug-likeness (QED) is 0.105. The van der Waals surface area contributed by atoms with Crippen LogP contribution in [0.5, 0.6) is 0 Å². The Hall–Kier alpha value is -7.61. The van der Waals surface area contributed by atoms with E-state index in [2.05, 4.69) is 169 Å². The lowest BCUT2D eigenvalue weighted by atomic mass is 9.80. The fourth-order valence-electron chi connectivity index (χ4n) is 8.45. The molecule has 2 N–H and O–H groups in total. The number of halogens is 2. The number of nitrogens with zero attached hydrogens (tertiary/aromatic N) is 3. The van der Waals surface area contributed by atoms with Crippen molar-refractivity contribution in [3.05, 3.63) is 231 Å². The number of fused-ring (bicyclic) bond motifs is 10. The fourth-order valence-corrected chi connectivity index (χ4v) is 9.60. The minimum Gasteiger partial charge on any atom is -0.423 e. The molecule has 0 saturated carbocycles. The molecular weight excluding hydrogens is 929 g/mol. The Kier molecular flexibility index (Phi) is 12.2. The van der Waals surface area contributed by atoms with Crippen LogP contribution in [0.15, 0.2) is 203 Å². The van der Waals surface area contributed by atoms with E-state index < -0.39 is 7.12 Å². The van der Waals surface area contributed by atoms with Gasteiger partial charge < -0.3 is 10.0 Å². The zero-order chi connectivity index (χ0) is 45.0. The lowest BCUT2D eigenvalue weighted by Gasteiger charge is -2.16. The Labute approximate surface area is 393 Å². The van der Waals surface area contributed by atoms with E-state index >= 15 is 0 Å².